The molecule has 0 saturated heterocycles. The van der Waals surface area contributed by atoms with E-state index in [1.165, 1.54) is 12.1 Å². The van der Waals surface area contributed by atoms with Crippen molar-refractivity contribution in [3.05, 3.63) is 59.7 Å². The summed E-state index contributed by atoms with van der Waals surface area (Å²) in [4.78, 5) is 18.6. The maximum Gasteiger partial charge on any atom is 0.255 e. The molecule has 1 atom stereocenters. The van der Waals surface area contributed by atoms with Crippen LogP contribution in [0, 0.1) is 11.2 Å². The van der Waals surface area contributed by atoms with Gasteiger partial charge in [0.05, 0.1) is 11.3 Å². The van der Waals surface area contributed by atoms with Gasteiger partial charge in [0, 0.05) is 25.4 Å². The van der Waals surface area contributed by atoms with Crippen molar-refractivity contribution in [2.24, 2.45) is 5.41 Å². The van der Waals surface area contributed by atoms with Crippen LogP contribution in [0.25, 0.3) is 0 Å². The first kappa shape index (κ1) is 18.9. The van der Waals surface area contributed by atoms with Crippen LogP contribution in [0.15, 0.2) is 42.6 Å². The summed E-state index contributed by atoms with van der Waals surface area (Å²) in [7, 11) is 1.80. The standard InChI is InChI=1S/C20H25FN2O2/c1-14(20(2,3)4)23(5)19(24)15-9-10-17(22-12-15)13-25-18-8-6-7-16(21)11-18/h6-12,14H,13H2,1-5H3. The molecular weight excluding hydrogens is 319 g/mol. The molecule has 0 saturated carbocycles. The van der Waals surface area contributed by atoms with Crippen LogP contribution in [0.5, 0.6) is 5.75 Å². The molecule has 2 rings (SSSR count). The summed E-state index contributed by atoms with van der Waals surface area (Å²) in [6, 6.07) is 9.54. The number of amides is 1. The normalized spacial score (nSPS) is 12.6. The molecule has 0 bridgehead atoms. The number of rotatable bonds is 5. The minimum atomic E-state index is -0.345. The van der Waals surface area contributed by atoms with Crippen LogP contribution in [-0.4, -0.2) is 28.9 Å². The summed E-state index contributed by atoms with van der Waals surface area (Å²) >= 11 is 0. The predicted molar refractivity (Wildman–Crippen MR) is 96.0 cm³/mol. The van der Waals surface area contributed by atoms with E-state index >= 15 is 0 Å². The lowest BCUT2D eigenvalue weighted by Crippen LogP contribution is -2.43. The van der Waals surface area contributed by atoms with E-state index in [0.29, 0.717) is 17.0 Å². The lowest BCUT2D eigenvalue weighted by Gasteiger charge is -2.35. The third-order valence-corrected chi connectivity index (χ3v) is 4.41. The molecule has 2 aromatic rings. The molecular formula is C20H25FN2O2. The van der Waals surface area contributed by atoms with Crippen LogP contribution in [0.4, 0.5) is 4.39 Å². The van der Waals surface area contributed by atoms with Gasteiger partial charge in [-0.25, -0.2) is 4.39 Å². The van der Waals surface area contributed by atoms with Crippen LogP contribution in [0.3, 0.4) is 0 Å². The molecule has 1 aromatic heterocycles. The summed E-state index contributed by atoms with van der Waals surface area (Å²) in [5.41, 5.74) is 1.21. The first-order chi connectivity index (χ1) is 11.7. The topological polar surface area (TPSA) is 42.4 Å². The molecule has 0 fully saturated rings. The molecule has 4 nitrogen and oxygen atoms in total. The van der Waals surface area contributed by atoms with Gasteiger partial charge < -0.3 is 9.64 Å². The minimum Gasteiger partial charge on any atom is -0.487 e. The Hall–Kier alpha value is -2.43. The Morgan fingerprint density at radius 1 is 1.28 bits per heavy atom. The molecule has 1 amide bonds. The number of benzene rings is 1. The first-order valence-corrected chi connectivity index (χ1v) is 8.29. The average molecular weight is 344 g/mol. The summed E-state index contributed by atoms with van der Waals surface area (Å²) in [6.07, 6.45) is 1.55. The smallest absolute Gasteiger partial charge is 0.255 e. The summed E-state index contributed by atoms with van der Waals surface area (Å²) in [6.45, 7) is 8.56. The lowest BCUT2D eigenvalue weighted by molar-refractivity contribution is 0.0628. The van der Waals surface area contributed by atoms with Crippen LogP contribution < -0.4 is 4.74 Å². The number of ether oxygens (including phenoxy) is 1. The number of carbonyl (C=O) groups is 1. The van der Waals surface area contributed by atoms with E-state index in [1.54, 1.807) is 42.4 Å². The minimum absolute atomic E-state index is 0.00340. The molecule has 0 aliphatic carbocycles. The van der Waals surface area contributed by atoms with Gasteiger partial charge in [-0.05, 0) is 36.6 Å². The molecule has 5 heteroatoms. The van der Waals surface area contributed by atoms with Crippen molar-refractivity contribution in [3.8, 4) is 5.75 Å². The molecule has 1 unspecified atom stereocenters. The summed E-state index contributed by atoms with van der Waals surface area (Å²) < 4.78 is 18.6. The second kappa shape index (κ2) is 7.64. The van der Waals surface area contributed by atoms with E-state index in [4.69, 9.17) is 4.74 Å². The SMILES string of the molecule is CC(N(C)C(=O)c1ccc(COc2cccc(F)c2)nc1)C(C)(C)C. The van der Waals surface area contributed by atoms with Gasteiger partial charge in [0.15, 0.2) is 0 Å². The number of carbonyl (C=O) groups excluding carboxylic acids is 1. The Balaban J connectivity index is 2.00. The predicted octanol–water partition coefficient (Wildman–Crippen LogP) is 4.31. The zero-order chi connectivity index (χ0) is 18.6. The van der Waals surface area contributed by atoms with Crippen molar-refractivity contribution in [2.45, 2.75) is 40.3 Å². The van der Waals surface area contributed by atoms with Crippen molar-refractivity contribution in [1.82, 2.24) is 9.88 Å². The van der Waals surface area contributed by atoms with E-state index < -0.39 is 0 Å². The van der Waals surface area contributed by atoms with Gasteiger partial charge in [-0.3, -0.25) is 9.78 Å². The molecule has 1 aromatic carbocycles. The first-order valence-electron chi connectivity index (χ1n) is 8.29. The molecule has 25 heavy (non-hydrogen) atoms. The Bertz CT molecular complexity index is 723. The number of nitrogens with zero attached hydrogens (tertiary/aromatic N) is 2. The van der Waals surface area contributed by atoms with Gasteiger partial charge in [-0.2, -0.15) is 0 Å². The Morgan fingerprint density at radius 2 is 2.00 bits per heavy atom. The average Bonchev–Trinajstić information content (AvgIpc) is 2.58. The maximum atomic E-state index is 13.1. The zero-order valence-electron chi connectivity index (χ0n) is 15.4. The maximum absolute atomic E-state index is 13.1. The Kier molecular flexibility index (Phi) is 5.77. The van der Waals surface area contributed by atoms with Gasteiger partial charge in [-0.15, -0.1) is 0 Å². The van der Waals surface area contributed by atoms with Crippen molar-refractivity contribution in [1.29, 1.82) is 0 Å². The van der Waals surface area contributed by atoms with Crippen LogP contribution in [-0.2, 0) is 6.61 Å². The highest BCUT2D eigenvalue weighted by Gasteiger charge is 2.27. The van der Waals surface area contributed by atoms with E-state index in [9.17, 15) is 9.18 Å². The van der Waals surface area contributed by atoms with Gasteiger partial charge in [0.2, 0.25) is 0 Å². The van der Waals surface area contributed by atoms with E-state index in [-0.39, 0.29) is 29.8 Å². The van der Waals surface area contributed by atoms with Crippen LogP contribution in [0.1, 0.15) is 43.7 Å². The van der Waals surface area contributed by atoms with Gasteiger partial charge in [0.1, 0.15) is 18.2 Å². The number of pyridine rings is 1. The van der Waals surface area contributed by atoms with Crippen LogP contribution >= 0.6 is 0 Å². The molecule has 0 N–H and O–H groups in total. The highest BCUT2D eigenvalue weighted by molar-refractivity contribution is 5.94. The largest absolute Gasteiger partial charge is 0.487 e. The molecule has 1 heterocycles. The molecule has 0 spiro atoms. The monoisotopic (exact) mass is 344 g/mol. The van der Waals surface area contributed by atoms with Gasteiger partial charge in [0.25, 0.3) is 5.91 Å². The second-order valence-corrected chi connectivity index (χ2v) is 7.24. The zero-order valence-corrected chi connectivity index (χ0v) is 15.4. The lowest BCUT2D eigenvalue weighted by atomic mass is 9.87. The molecule has 0 radical (unpaired) electrons. The van der Waals surface area contributed by atoms with Gasteiger partial charge >= 0.3 is 0 Å². The highest BCUT2D eigenvalue weighted by atomic mass is 19.1. The van der Waals surface area contributed by atoms with Crippen molar-refractivity contribution >= 4 is 5.91 Å². The highest BCUT2D eigenvalue weighted by Crippen LogP contribution is 2.24. The third kappa shape index (κ3) is 5.02. The van der Waals surface area contributed by atoms with Crippen molar-refractivity contribution < 1.29 is 13.9 Å². The number of hydrogen-bond donors (Lipinski definition) is 0. The van der Waals surface area contributed by atoms with Crippen LogP contribution in [0.2, 0.25) is 0 Å². The molecule has 0 aliphatic heterocycles. The molecule has 0 aliphatic rings. The van der Waals surface area contributed by atoms with E-state index in [0.717, 1.165) is 0 Å². The fourth-order valence-corrected chi connectivity index (χ4v) is 2.31. The number of hydrogen-bond acceptors (Lipinski definition) is 3. The van der Waals surface area contributed by atoms with Gasteiger partial charge in [-0.1, -0.05) is 26.8 Å². The van der Waals surface area contributed by atoms with E-state index in [2.05, 4.69) is 25.8 Å². The fourth-order valence-electron chi connectivity index (χ4n) is 2.31. The van der Waals surface area contributed by atoms with E-state index in [1.807, 2.05) is 6.92 Å². The number of aromatic nitrogens is 1. The molecule has 134 valence electrons. The third-order valence-electron chi connectivity index (χ3n) is 4.41. The Morgan fingerprint density at radius 3 is 2.56 bits per heavy atom. The number of halogens is 1. The quantitative estimate of drug-likeness (QED) is 0.812. The fraction of sp³-hybridized carbons (Fsp3) is 0.400. The summed E-state index contributed by atoms with van der Waals surface area (Å²) in [5, 5.41) is 0. The second-order valence-electron chi connectivity index (χ2n) is 7.24. The Labute approximate surface area is 148 Å². The van der Waals surface area contributed by atoms with Crippen molar-refractivity contribution in [2.75, 3.05) is 7.05 Å². The summed E-state index contributed by atoms with van der Waals surface area (Å²) in [5.74, 6) is 0.0376. The van der Waals surface area contributed by atoms with Crippen molar-refractivity contribution in [3.63, 3.8) is 0 Å².